The van der Waals surface area contributed by atoms with E-state index in [-0.39, 0.29) is 24.7 Å². The van der Waals surface area contributed by atoms with Crippen LogP contribution < -0.4 is 0 Å². The molecular weight excluding hydrogens is 290 g/mol. The molecule has 22 heavy (non-hydrogen) atoms. The smallest absolute Gasteiger partial charge is 0.319 e. The number of carbonyl (C=O) groups excluding carboxylic acids is 2. The molecule has 2 atom stereocenters. The van der Waals surface area contributed by atoms with Crippen molar-refractivity contribution < 1.29 is 24.0 Å². The number of nitro groups is 1. The first-order valence-electron chi connectivity index (χ1n) is 6.95. The number of non-ortho nitro benzene ring substituents is 1. The molecule has 0 aliphatic rings. The molecule has 0 aliphatic heterocycles. The van der Waals surface area contributed by atoms with Crippen molar-refractivity contribution in [2.24, 2.45) is 5.92 Å². The van der Waals surface area contributed by atoms with E-state index in [1.54, 1.807) is 13.8 Å². The Morgan fingerprint density at radius 2 is 1.77 bits per heavy atom. The number of ketones is 1. The van der Waals surface area contributed by atoms with Crippen LogP contribution in [0.15, 0.2) is 24.3 Å². The largest absolute Gasteiger partial charge is 0.465 e. The summed E-state index contributed by atoms with van der Waals surface area (Å²) in [6.07, 6.45) is -0.831. The predicted molar refractivity (Wildman–Crippen MR) is 78.3 cm³/mol. The van der Waals surface area contributed by atoms with Crippen molar-refractivity contribution in [1.82, 2.24) is 0 Å². The second-order valence-corrected chi connectivity index (χ2v) is 4.56. The SMILES string of the molecule is CCOC(=O)C(C(C)=O)C(OCC)c1ccc([N+](=O)[O-])cc1. The van der Waals surface area contributed by atoms with Gasteiger partial charge in [-0.25, -0.2) is 0 Å². The average Bonchev–Trinajstić information content (AvgIpc) is 2.46. The van der Waals surface area contributed by atoms with Crippen LogP contribution in [0.25, 0.3) is 0 Å². The van der Waals surface area contributed by atoms with Gasteiger partial charge in [-0.3, -0.25) is 19.7 Å². The van der Waals surface area contributed by atoms with Gasteiger partial charge in [0, 0.05) is 18.7 Å². The molecule has 0 saturated heterocycles. The number of hydrogen-bond donors (Lipinski definition) is 0. The van der Waals surface area contributed by atoms with Crippen LogP contribution >= 0.6 is 0 Å². The van der Waals surface area contributed by atoms with E-state index in [0.717, 1.165) is 0 Å². The maximum atomic E-state index is 12.0. The van der Waals surface area contributed by atoms with Gasteiger partial charge >= 0.3 is 5.97 Å². The number of nitro benzene ring substituents is 1. The second kappa shape index (κ2) is 8.23. The van der Waals surface area contributed by atoms with E-state index in [4.69, 9.17) is 9.47 Å². The average molecular weight is 309 g/mol. The van der Waals surface area contributed by atoms with Crippen LogP contribution in [-0.4, -0.2) is 29.9 Å². The molecule has 1 rings (SSSR count). The Balaban J connectivity index is 3.15. The molecule has 0 amide bonds. The zero-order valence-corrected chi connectivity index (χ0v) is 12.8. The normalized spacial score (nSPS) is 13.2. The van der Waals surface area contributed by atoms with E-state index in [1.807, 2.05) is 0 Å². The first-order chi connectivity index (χ1) is 10.4. The molecule has 0 aromatic heterocycles. The number of ether oxygens (including phenoxy) is 2. The van der Waals surface area contributed by atoms with E-state index < -0.39 is 22.9 Å². The molecule has 0 N–H and O–H groups in total. The zero-order chi connectivity index (χ0) is 16.7. The summed E-state index contributed by atoms with van der Waals surface area (Å²) in [4.78, 5) is 34.0. The van der Waals surface area contributed by atoms with E-state index in [9.17, 15) is 19.7 Å². The van der Waals surface area contributed by atoms with Crippen molar-refractivity contribution >= 4 is 17.4 Å². The Morgan fingerprint density at radius 3 is 2.18 bits per heavy atom. The topological polar surface area (TPSA) is 95.7 Å². The summed E-state index contributed by atoms with van der Waals surface area (Å²) >= 11 is 0. The van der Waals surface area contributed by atoms with Gasteiger partial charge in [0.05, 0.1) is 11.5 Å². The molecule has 2 unspecified atom stereocenters. The maximum absolute atomic E-state index is 12.0. The summed E-state index contributed by atoms with van der Waals surface area (Å²) in [5, 5.41) is 10.7. The molecule has 7 heteroatoms. The van der Waals surface area contributed by atoms with Crippen LogP contribution in [0, 0.1) is 16.0 Å². The fourth-order valence-electron chi connectivity index (χ4n) is 2.08. The van der Waals surface area contributed by atoms with Gasteiger partial charge < -0.3 is 9.47 Å². The minimum atomic E-state index is -1.10. The van der Waals surface area contributed by atoms with E-state index in [0.29, 0.717) is 5.56 Å². The monoisotopic (exact) mass is 309 g/mol. The first-order valence-corrected chi connectivity index (χ1v) is 6.95. The first kappa shape index (κ1) is 17.8. The number of Topliss-reactive ketones (excluding diaryl/α,β-unsaturated/α-hetero) is 1. The fourth-order valence-corrected chi connectivity index (χ4v) is 2.08. The van der Waals surface area contributed by atoms with Gasteiger partial charge in [0.1, 0.15) is 17.8 Å². The molecule has 0 heterocycles. The Hall–Kier alpha value is -2.28. The van der Waals surface area contributed by atoms with Gasteiger partial charge in [0.2, 0.25) is 0 Å². The highest BCUT2D eigenvalue weighted by atomic mass is 16.6. The summed E-state index contributed by atoms with van der Waals surface area (Å²) in [7, 11) is 0. The van der Waals surface area contributed by atoms with Crippen molar-refractivity contribution in [3.63, 3.8) is 0 Å². The van der Waals surface area contributed by atoms with Crippen molar-refractivity contribution in [3.05, 3.63) is 39.9 Å². The second-order valence-electron chi connectivity index (χ2n) is 4.56. The van der Waals surface area contributed by atoms with Crippen molar-refractivity contribution in [2.45, 2.75) is 26.9 Å². The van der Waals surface area contributed by atoms with Gasteiger partial charge in [-0.15, -0.1) is 0 Å². The molecule has 7 nitrogen and oxygen atoms in total. The third-order valence-corrected chi connectivity index (χ3v) is 3.06. The van der Waals surface area contributed by atoms with Crippen molar-refractivity contribution in [1.29, 1.82) is 0 Å². The minimum Gasteiger partial charge on any atom is -0.465 e. The summed E-state index contributed by atoms with van der Waals surface area (Å²) in [5.74, 6) is -2.14. The maximum Gasteiger partial charge on any atom is 0.319 e. The summed E-state index contributed by atoms with van der Waals surface area (Å²) in [6, 6.07) is 5.58. The van der Waals surface area contributed by atoms with E-state index in [1.165, 1.54) is 31.2 Å². The van der Waals surface area contributed by atoms with Crippen LogP contribution in [0.4, 0.5) is 5.69 Å². The van der Waals surface area contributed by atoms with Gasteiger partial charge in [-0.1, -0.05) is 0 Å². The number of nitrogens with zero attached hydrogens (tertiary/aromatic N) is 1. The summed E-state index contributed by atoms with van der Waals surface area (Å²) < 4.78 is 10.5. The van der Waals surface area contributed by atoms with Gasteiger partial charge in [0.15, 0.2) is 0 Å². The van der Waals surface area contributed by atoms with Crippen molar-refractivity contribution in [2.75, 3.05) is 13.2 Å². The number of rotatable bonds is 8. The summed E-state index contributed by atoms with van der Waals surface area (Å²) in [6.45, 7) is 5.11. The molecular formula is C15H19NO6. The minimum absolute atomic E-state index is 0.0745. The Morgan fingerprint density at radius 1 is 1.18 bits per heavy atom. The number of benzene rings is 1. The van der Waals surface area contributed by atoms with Gasteiger partial charge in [-0.05, 0) is 38.5 Å². The lowest BCUT2D eigenvalue weighted by molar-refractivity contribution is -0.384. The van der Waals surface area contributed by atoms with E-state index >= 15 is 0 Å². The highest BCUT2D eigenvalue weighted by Crippen LogP contribution is 2.29. The van der Waals surface area contributed by atoms with Crippen LogP contribution in [0.3, 0.4) is 0 Å². The van der Waals surface area contributed by atoms with E-state index in [2.05, 4.69) is 0 Å². The Labute approximate surface area is 128 Å². The highest BCUT2D eigenvalue weighted by Gasteiger charge is 2.35. The zero-order valence-electron chi connectivity index (χ0n) is 12.8. The fraction of sp³-hybridized carbons (Fsp3) is 0.467. The summed E-state index contributed by atoms with van der Waals surface area (Å²) in [5.41, 5.74) is 0.440. The number of esters is 1. The lowest BCUT2D eigenvalue weighted by Crippen LogP contribution is -2.32. The van der Waals surface area contributed by atoms with Gasteiger partial charge in [-0.2, -0.15) is 0 Å². The van der Waals surface area contributed by atoms with Gasteiger partial charge in [0.25, 0.3) is 5.69 Å². The highest BCUT2D eigenvalue weighted by molar-refractivity contribution is 5.98. The number of carbonyl (C=O) groups is 2. The molecule has 0 radical (unpaired) electrons. The number of hydrogen-bond acceptors (Lipinski definition) is 6. The quantitative estimate of drug-likeness (QED) is 0.317. The molecule has 1 aromatic carbocycles. The van der Waals surface area contributed by atoms with Crippen LogP contribution in [0.1, 0.15) is 32.4 Å². The molecule has 0 fully saturated rings. The molecule has 0 aliphatic carbocycles. The molecule has 0 spiro atoms. The third-order valence-electron chi connectivity index (χ3n) is 3.06. The standard InChI is InChI=1S/C15H19NO6/c1-4-21-14(13(10(3)17)15(18)22-5-2)11-6-8-12(9-7-11)16(19)20/h6-9,13-14H,4-5H2,1-3H3. The lowest BCUT2D eigenvalue weighted by atomic mass is 9.92. The lowest BCUT2D eigenvalue weighted by Gasteiger charge is -2.24. The molecule has 1 aromatic rings. The predicted octanol–water partition coefficient (Wildman–Crippen LogP) is 2.44. The third kappa shape index (κ3) is 4.36. The molecule has 0 bridgehead atoms. The molecule has 0 saturated carbocycles. The van der Waals surface area contributed by atoms with Crippen LogP contribution in [0.5, 0.6) is 0 Å². The molecule has 120 valence electrons. The van der Waals surface area contributed by atoms with Crippen LogP contribution in [0.2, 0.25) is 0 Å². The Bertz CT molecular complexity index is 539. The van der Waals surface area contributed by atoms with Crippen molar-refractivity contribution in [3.8, 4) is 0 Å². The Kier molecular flexibility index (Phi) is 6.65. The van der Waals surface area contributed by atoms with Crippen LogP contribution in [-0.2, 0) is 19.1 Å².